The number of hydrogen-bond donors (Lipinski definition) is 0. The maximum atomic E-state index is 6.33. The molecule has 10 aromatic rings. The highest BCUT2D eigenvalue weighted by Gasteiger charge is 2.19. The van der Waals surface area contributed by atoms with E-state index in [4.69, 9.17) is 9.40 Å². The molecule has 0 radical (unpaired) electrons. The summed E-state index contributed by atoms with van der Waals surface area (Å²) in [5.74, 6) is 0. The van der Waals surface area contributed by atoms with Crippen molar-refractivity contribution in [3.05, 3.63) is 170 Å². The maximum absolute atomic E-state index is 6.33. The molecule has 0 spiro atoms. The SMILES string of the molecule is c1ccc(-c2ccc(-c3ccc(-n4c5ccccc5c5c6c(ccc7oc8ccccc8c76)ccc54)cc3)c(-c3ccccc3)n2)cc1. The number of nitrogens with zero attached hydrogens (tertiary/aromatic N) is 2. The first-order valence-corrected chi connectivity index (χ1v) is 16.3. The van der Waals surface area contributed by atoms with E-state index in [1.807, 2.05) is 18.2 Å². The second-order valence-electron chi connectivity index (χ2n) is 12.3. The monoisotopic (exact) mass is 612 g/mol. The van der Waals surface area contributed by atoms with Crippen LogP contribution in [0.1, 0.15) is 0 Å². The Morgan fingerprint density at radius 3 is 1.92 bits per heavy atom. The van der Waals surface area contributed by atoms with E-state index in [1.54, 1.807) is 0 Å². The van der Waals surface area contributed by atoms with E-state index in [2.05, 4.69) is 156 Å². The number of para-hydroxylation sites is 2. The molecule has 0 aliphatic carbocycles. The minimum Gasteiger partial charge on any atom is -0.456 e. The highest BCUT2D eigenvalue weighted by molar-refractivity contribution is 6.32. The molecule has 0 bridgehead atoms. The van der Waals surface area contributed by atoms with Crippen LogP contribution in [0.25, 0.3) is 93.8 Å². The van der Waals surface area contributed by atoms with Crippen molar-refractivity contribution in [3.8, 4) is 39.3 Å². The molecule has 0 amide bonds. The first-order valence-electron chi connectivity index (χ1n) is 16.3. The minimum atomic E-state index is 0.914. The van der Waals surface area contributed by atoms with Gasteiger partial charge in [-0.05, 0) is 53.4 Å². The lowest BCUT2D eigenvalue weighted by Crippen LogP contribution is -1.95. The van der Waals surface area contributed by atoms with Gasteiger partial charge in [0.25, 0.3) is 0 Å². The van der Waals surface area contributed by atoms with Gasteiger partial charge in [-0.3, -0.25) is 0 Å². The first-order chi connectivity index (χ1) is 23.8. The molecule has 0 saturated heterocycles. The molecule has 3 heterocycles. The number of rotatable bonds is 4. The number of fused-ring (bicyclic) bond motifs is 9. The van der Waals surface area contributed by atoms with Gasteiger partial charge >= 0.3 is 0 Å². The summed E-state index contributed by atoms with van der Waals surface area (Å²) in [6, 6.07) is 60.0. The van der Waals surface area contributed by atoms with Gasteiger partial charge in [-0.1, -0.05) is 127 Å². The Morgan fingerprint density at radius 2 is 1.10 bits per heavy atom. The molecular formula is C45H28N2O. The van der Waals surface area contributed by atoms with Crippen molar-refractivity contribution in [3.63, 3.8) is 0 Å². The van der Waals surface area contributed by atoms with E-state index < -0.39 is 0 Å². The fourth-order valence-corrected chi connectivity index (χ4v) is 7.44. The highest BCUT2D eigenvalue weighted by atomic mass is 16.3. The third-order valence-electron chi connectivity index (χ3n) is 9.61. The largest absolute Gasteiger partial charge is 0.456 e. The predicted molar refractivity (Wildman–Crippen MR) is 200 cm³/mol. The average Bonchev–Trinajstić information content (AvgIpc) is 3.71. The number of benzene rings is 7. The normalized spacial score (nSPS) is 11.8. The number of aromatic nitrogens is 2. The van der Waals surface area contributed by atoms with Crippen molar-refractivity contribution in [1.29, 1.82) is 0 Å². The predicted octanol–water partition coefficient (Wildman–Crippen LogP) is 12.2. The van der Waals surface area contributed by atoms with Gasteiger partial charge in [-0.2, -0.15) is 0 Å². The molecule has 0 fully saturated rings. The van der Waals surface area contributed by atoms with Crippen LogP contribution in [0, 0.1) is 0 Å². The van der Waals surface area contributed by atoms with Crippen molar-refractivity contribution in [1.82, 2.24) is 9.55 Å². The lowest BCUT2D eigenvalue weighted by molar-refractivity contribution is 0.669. The summed E-state index contributed by atoms with van der Waals surface area (Å²) >= 11 is 0. The molecule has 224 valence electrons. The molecule has 7 aromatic carbocycles. The van der Waals surface area contributed by atoms with E-state index in [0.29, 0.717) is 0 Å². The van der Waals surface area contributed by atoms with Gasteiger partial charge in [0, 0.05) is 49.3 Å². The highest BCUT2D eigenvalue weighted by Crippen LogP contribution is 2.43. The summed E-state index contributed by atoms with van der Waals surface area (Å²) in [6.45, 7) is 0. The molecular weight excluding hydrogens is 585 g/mol. The van der Waals surface area contributed by atoms with Crippen LogP contribution < -0.4 is 0 Å². The number of hydrogen-bond acceptors (Lipinski definition) is 2. The van der Waals surface area contributed by atoms with Crippen LogP contribution in [0.4, 0.5) is 0 Å². The molecule has 0 saturated carbocycles. The van der Waals surface area contributed by atoms with Gasteiger partial charge in [0.1, 0.15) is 11.2 Å². The molecule has 0 unspecified atom stereocenters. The van der Waals surface area contributed by atoms with Crippen molar-refractivity contribution in [2.24, 2.45) is 0 Å². The Kier molecular flexibility index (Phi) is 5.87. The van der Waals surface area contributed by atoms with Crippen molar-refractivity contribution < 1.29 is 4.42 Å². The summed E-state index contributed by atoms with van der Waals surface area (Å²) in [4.78, 5) is 5.20. The van der Waals surface area contributed by atoms with Crippen LogP contribution in [0.2, 0.25) is 0 Å². The van der Waals surface area contributed by atoms with E-state index in [0.717, 1.165) is 55.9 Å². The molecule has 48 heavy (non-hydrogen) atoms. The van der Waals surface area contributed by atoms with Crippen molar-refractivity contribution in [2.75, 3.05) is 0 Å². The summed E-state index contributed by atoms with van der Waals surface area (Å²) < 4.78 is 8.72. The molecule has 3 aromatic heterocycles. The Bertz CT molecular complexity index is 2810. The number of furan rings is 1. The van der Waals surface area contributed by atoms with Crippen LogP contribution in [-0.4, -0.2) is 9.55 Å². The molecule has 10 rings (SSSR count). The molecule has 0 atom stereocenters. The zero-order valence-corrected chi connectivity index (χ0v) is 26.0. The Balaban J connectivity index is 1.17. The lowest BCUT2D eigenvalue weighted by atomic mass is 9.97. The molecule has 0 aliphatic rings. The zero-order chi connectivity index (χ0) is 31.6. The fourth-order valence-electron chi connectivity index (χ4n) is 7.44. The Morgan fingerprint density at radius 1 is 0.417 bits per heavy atom. The second-order valence-corrected chi connectivity index (χ2v) is 12.3. The van der Waals surface area contributed by atoms with Crippen LogP contribution in [-0.2, 0) is 0 Å². The van der Waals surface area contributed by atoms with Gasteiger partial charge in [0.15, 0.2) is 0 Å². The lowest BCUT2D eigenvalue weighted by Gasteiger charge is -2.14. The molecule has 0 aliphatic heterocycles. The first kappa shape index (κ1) is 26.7. The molecule has 3 nitrogen and oxygen atoms in total. The van der Waals surface area contributed by atoms with Crippen LogP contribution >= 0.6 is 0 Å². The third-order valence-corrected chi connectivity index (χ3v) is 9.61. The molecule has 3 heteroatoms. The van der Waals surface area contributed by atoms with Gasteiger partial charge in [0.05, 0.1) is 22.4 Å². The van der Waals surface area contributed by atoms with E-state index in [-0.39, 0.29) is 0 Å². The maximum Gasteiger partial charge on any atom is 0.136 e. The average molecular weight is 613 g/mol. The summed E-state index contributed by atoms with van der Waals surface area (Å²) in [7, 11) is 0. The second kappa shape index (κ2) is 10.5. The smallest absolute Gasteiger partial charge is 0.136 e. The van der Waals surface area contributed by atoms with Crippen molar-refractivity contribution in [2.45, 2.75) is 0 Å². The third kappa shape index (κ3) is 4.04. The van der Waals surface area contributed by atoms with Gasteiger partial charge in [0.2, 0.25) is 0 Å². The standard InChI is InChI=1S/C45H28N2O/c1-3-11-30(12-4-1)37-26-25-34(45(46-37)32-13-5-2-6-14-32)29-19-23-33(24-20-29)47-38-17-9-7-15-35(38)43-39(47)27-21-31-22-28-41-44(42(31)43)36-16-8-10-18-40(36)48-41/h1-28H. The van der Waals surface area contributed by atoms with E-state index in [1.165, 1.54) is 38.0 Å². The Labute approximate surface area is 277 Å². The fraction of sp³-hybridized carbons (Fsp3) is 0. The van der Waals surface area contributed by atoms with Gasteiger partial charge in [-0.15, -0.1) is 0 Å². The topological polar surface area (TPSA) is 31.0 Å². The number of pyridine rings is 1. The molecule has 0 N–H and O–H groups in total. The van der Waals surface area contributed by atoms with Crippen LogP contribution in [0.15, 0.2) is 174 Å². The van der Waals surface area contributed by atoms with Crippen molar-refractivity contribution >= 4 is 54.5 Å². The summed E-state index contributed by atoms with van der Waals surface area (Å²) in [6.07, 6.45) is 0. The summed E-state index contributed by atoms with van der Waals surface area (Å²) in [5, 5.41) is 7.24. The van der Waals surface area contributed by atoms with E-state index in [9.17, 15) is 0 Å². The van der Waals surface area contributed by atoms with Crippen LogP contribution in [0.3, 0.4) is 0 Å². The van der Waals surface area contributed by atoms with Crippen LogP contribution in [0.5, 0.6) is 0 Å². The Hall–Kier alpha value is -6.45. The van der Waals surface area contributed by atoms with E-state index >= 15 is 0 Å². The minimum absolute atomic E-state index is 0.914. The zero-order valence-electron chi connectivity index (χ0n) is 26.0. The van der Waals surface area contributed by atoms with Gasteiger partial charge in [-0.25, -0.2) is 4.98 Å². The van der Waals surface area contributed by atoms with Gasteiger partial charge < -0.3 is 8.98 Å². The summed E-state index contributed by atoms with van der Waals surface area (Å²) in [5.41, 5.74) is 11.7. The quantitative estimate of drug-likeness (QED) is 0.198.